The summed E-state index contributed by atoms with van der Waals surface area (Å²) in [5, 5.41) is 0. The minimum absolute atomic E-state index is 0.184. The lowest BCUT2D eigenvalue weighted by atomic mass is 9.99. The molecule has 0 amide bonds. The Kier molecular flexibility index (Phi) is 3.25. The molecule has 1 heterocycles. The summed E-state index contributed by atoms with van der Waals surface area (Å²) in [5.74, 6) is -0.270. The zero-order valence-electron chi connectivity index (χ0n) is 9.55. The zero-order valence-corrected chi connectivity index (χ0v) is 9.55. The molecule has 0 aromatic heterocycles. The molecule has 3 heteroatoms. The van der Waals surface area contributed by atoms with E-state index in [1.165, 1.54) is 0 Å². The predicted molar refractivity (Wildman–Crippen MR) is 59.9 cm³/mol. The van der Waals surface area contributed by atoms with E-state index in [2.05, 4.69) is 0 Å². The molecule has 1 saturated heterocycles. The van der Waals surface area contributed by atoms with Crippen molar-refractivity contribution < 1.29 is 14.3 Å². The van der Waals surface area contributed by atoms with Crippen LogP contribution in [0.15, 0.2) is 30.3 Å². The highest BCUT2D eigenvalue weighted by Gasteiger charge is 2.33. The number of hydrogen-bond donors (Lipinski definition) is 0. The highest BCUT2D eigenvalue weighted by Crippen LogP contribution is 2.25. The molecule has 0 saturated carbocycles. The first-order valence-electron chi connectivity index (χ1n) is 5.55. The Bertz CT molecular complexity index is 359. The molecule has 0 spiro atoms. The van der Waals surface area contributed by atoms with Crippen LogP contribution in [-0.2, 0) is 14.3 Å². The van der Waals surface area contributed by atoms with Crippen LogP contribution in [0.3, 0.4) is 0 Å². The molecule has 1 fully saturated rings. The molecule has 1 aliphatic heterocycles. The lowest BCUT2D eigenvalue weighted by molar-refractivity contribution is -0.212. The summed E-state index contributed by atoms with van der Waals surface area (Å²) >= 11 is 0. The van der Waals surface area contributed by atoms with E-state index < -0.39 is 6.29 Å². The Morgan fingerprint density at radius 2 is 1.94 bits per heavy atom. The van der Waals surface area contributed by atoms with E-state index in [0.29, 0.717) is 6.61 Å². The summed E-state index contributed by atoms with van der Waals surface area (Å²) in [6.07, 6.45) is -0.396. The number of esters is 1. The van der Waals surface area contributed by atoms with E-state index in [1.807, 2.05) is 44.2 Å². The molecule has 16 heavy (non-hydrogen) atoms. The first kappa shape index (κ1) is 11.1. The summed E-state index contributed by atoms with van der Waals surface area (Å²) < 4.78 is 10.8. The lowest BCUT2D eigenvalue weighted by Gasteiger charge is -2.30. The monoisotopic (exact) mass is 220 g/mol. The Balaban J connectivity index is 2.08. The Morgan fingerprint density at radius 1 is 1.25 bits per heavy atom. The Labute approximate surface area is 95.4 Å². The van der Waals surface area contributed by atoms with Gasteiger partial charge in [-0.2, -0.15) is 0 Å². The molecule has 2 atom stereocenters. The van der Waals surface area contributed by atoms with Crippen molar-refractivity contribution in [3.8, 4) is 0 Å². The maximum absolute atomic E-state index is 11.8. The molecule has 1 aromatic carbocycles. The van der Waals surface area contributed by atoms with E-state index in [-0.39, 0.29) is 17.8 Å². The van der Waals surface area contributed by atoms with Crippen LogP contribution in [0.5, 0.6) is 0 Å². The van der Waals surface area contributed by atoms with Crippen molar-refractivity contribution in [3.05, 3.63) is 35.9 Å². The van der Waals surface area contributed by atoms with Gasteiger partial charge in [0.25, 0.3) is 0 Å². The van der Waals surface area contributed by atoms with Gasteiger partial charge in [-0.05, 0) is 5.56 Å². The molecule has 0 unspecified atom stereocenters. The number of rotatable bonds is 2. The second-order valence-electron chi connectivity index (χ2n) is 4.35. The number of carbonyl (C=O) groups excluding carboxylic acids is 1. The first-order chi connectivity index (χ1) is 7.68. The van der Waals surface area contributed by atoms with E-state index in [1.54, 1.807) is 0 Å². The van der Waals surface area contributed by atoms with Gasteiger partial charge in [0.15, 0.2) is 0 Å². The second kappa shape index (κ2) is 4.66. The number of cyclic esters (lactones) is 1. The van der Waals surface area contributed by atoms with Gasteiger partial charge in [-0.1, -0.05) is 44.2 Å². The van der Waals surface area contributed by atoms with Crippen LogP contribution in [0.25, 0.3) is 0 Å². The normalized spacial score (nSPS) is 25.6. The van der Waals surface area contributed by atoms with Gasteiger partial charge in [0.2, 0.25) is 6.29 Å². The van der Waals surface area contributed by atoms with Crippen molar-refractivity contribution in [3.63, 3.8) is 0 Å². The molecule has 86 valence electrons. The summed E-state index contributed by atoms with van der Waals surface area (Å²) in [7, 11) is 0. The number of benzene rings is 1. The molecule has 1 aliphatic rings. The van der Waals surface area contributed by atoms with E-state index in [4.69, 9.17) is 9.47 Å². The lowest BCUT2D eigenvalue weighted by Crippen LogP contribution is -2.37. The highest BCUT2D eigenvalue weighted by molar-refractivity contribution is 5.78. The molecule has 0 radical (unpaired) electrons. The first-order valence-corrected chi connectivity index (χ1v) is 5.55. The van der Waals surface area contributed by atoms with Crippen LogP contribution < -0.4 is 0 Å². The Morgan fingerprint density at radius 3 is 2.50 bits per heavy atom. The third kappa shape index (κ3) is 2.25. The number of ether oxygens (including phenoxy) is 2. The van der Waals surface area contributed by atoms with Gasteiger partial charge in [0, 0.05) is 5.92 Å². The molecule has 1 aromatic rings. The highest BCUT2D eigenvalue weighted by atomic mass is 16.7. The summed E-state index contributed by atoms with van der Waals surface area (Å²) in [6, 6.07) is 9.60. The zero-order chi connectivity index (χ0) is 11.5. The summed E-state index contributed by atoms with van der Waals surface area (Å²) in [5.41, 5.74) is 0.953. The van der Waals surface area contributed by atoms with Gasteiger partial charge in [-0.3, -0.25) is 4.79 Å². The van der Waals surface area contributed by atoms with Gasteiger partial charge in [-0.15, -0.1) is 0 Å². The topological polar surface area (TPSA) is 35.5 Å². The van der Waals surface area contributed by atoms with Gasteiger partial charge >= 0.3 is 5.97 Å². The van der Waals surface area contributed by atoms with Crippen molar-refractivity contribution >= 4 is 5.97 Å². The number of carbonyl (C=O) groups is 1. The minimum Gasteiger partial charge on any atom is -0.435 e. The van der Waals surface area contributed by atoms with Gasteiger partial charge < -0.3 is 9.47 Å². The minimum atomic E-state index is -0.396. The van der Waals surface area contributed by atoms with Crippen LogP contribution >= 0.6 is 0 Å². The molecule has 0 bridgehead atoms. The van der Waals surface area contributed by atoms with Crippen molar-refractivity contribution in [1.82, 2.24) is 0 Å². The SMILES string of the molecule is CC(C)[C@H]1OC[C@@H](c2ccccc2)C(=O)O1. The van der Waals surface area contributed by atoms with Gasteiger partial charge in [0.1, 0.15) is 5.92 Å². The molecular weight excluding hydrogens is 204 g/mol. The van der Waals surface area contributed by atoms with Crippen molar-refractivity contribution in [2.45, 2.75) is 26.1 Å². The fourth-order valence-corrected chi connectivity index (χ4v) is 1.74. The van der Waals surface area contributed by atoms with Crippen LogP contribution in [0.2, 0.25) is 0 Å². The third-order valence-corrected chi connectivity index (χ3v) is 2.69. The average molecular weight is 220 g/mol. The van der Waals surface area contributed by atoms with Crippen LogP contribution in [0.4, 0.5) is 0 Å². The Hall–Kier alpha value is -1.35. The maximum atomic E-state index is 11.8. The summed E-state index contributed by atoms with van der Waals surface area (Å²) in [4.78, 5) is 11.8. The quantitative estimate of drug-likeness (QED) is 0.717. The van der Waals surface area contributed by atoms with Crippen molar-refractivity contribution in [1.29, 1.82) is 0 Å². The van der Waals surface area contributed by atoms with Crippen LogP contribution in [-0.4, -0.2) is 18.9 Å². The molecule has 3 nitrogen and oxygen atoms in total. The van der Waals surface area contributed by atoms with E-state index >= 15 is 0 Å². The van der Waals surface area contributed by atoms with Crippen molar-refractivity contribution in [2.75, 3.05) is 6.61 Å². The second-order valence-corrected chi connectivity index (χ2v) is 4.35. The fourth-order valence-electron chi connectivity index (χ4n) is 1.74. The molecular formula is C13H16O3. The third-order valence-electron chi connectivity index (χ3n) is 2.69. The van der Waals surface area contributed by atoms with E-state index in [9.17, 15) is 4.79 Å². The molecule has 2 rings (SSSR count). The van der Waals surface area contributed by atoms with E-state index in [0.717, 1.165) is 5.56 Å². The predicted octanol–water partition coefficient (Wildman–Crippen LogP) is 2.33. The molecule has 0 N–H and O–H groups in total. The average Bonchev–Trinajstić information content (AvgIpc) is 2.30. The van der Waals surface area contributed by atoms with Crippen LogP contribution in [0, 0.1) is 5.92 Å². The largest absolute Gasteiger partial charge is 0.435 e. The number of hydrogen-bond acceptors (Lipinski definition) is 3. The fraction of sp³-hybridized carbons (Fsp3) is 0.462. The van der Waals surface area contributed by atoms with Crippen LogP contribution in [0.1, 0.15) is 25.3 Å². The standard InChI is InChI=1S/C13H16O3/c1-9(2)13-15-8-11(12(14)16-13)10-6-4-3-5-7-10/h3-7,9,11,13H,8H2,1-2H3/t11-,13-/m0/s1. The van der Waals surface area contributed by atoms with Gasteiger partial charge in [-0.25, -0.2) is 0 Å². The smallest absolute Gasteiger partial charge is 0.318 e. The molecule has 0 aliphatic carbocycles. The summed E-state index contributed by atoms with van der Waals surface area (Å²) in [6.45, 7) is 4.35. The van der Waals surface area contributed by atoms with Gasteiger partial charge in [0.05, 0.1) is 6.61 Å². The maximum Gasteiger partial charge on any atom is 0.318 e. The van der Waals surface area contributed by atoms with Crippen molar-refractivity contribution in [2.24, 2.45) is 5.92 Å².